The molecule has 1 aromatic heterocycles. The first-order valence-electron chi connectivity index (χ1n) is 8.80. The number of nitrogens with zero attached hydrogens (tertiary/aromatic N) is 4. The highest BCUT2D eigenvalue weighted by Gasteiger charge is 2.27. The van der Waals surface area contributed by atoms with Crippen LogP contribution in [0, 0.1) is 6.92 Å². The number of hydrogen-bond donors (Lipinski definition) is 1. The molecule has 1 fully saturated rings. The van der Waals surface area contributed by atoms with Crippen LogP contribution in [0.5, 0.6) is 0 Å². The molecular formula is C17H23N5O4S2. The molecule has 1 aliphatic heterocycles. The van der Waals surface area contributed by atoms with Crippen LogP contribution in [0.4, 0.5) is 5.69 Å². The van der Waals surface area contributed by atoms with E-state index >= 15 is 0 Å². The first kappa shape index (κ1) is 20.8. The van der Waals surface area contributed by atoms with E-state index in [4.69, 9.17) is 4.52 Å². The molecule has 9 nitrogen and oxygen atoms in total. The number of carbonyl (C=O) groups is 1. The number of hydrogen-bond acceptors (Lipinski definition) is 8. The molecule has 11 heteroatoms. The lowest BCUT2D eigenvalue weighted by molar-refractivity contribution is -0.113. The third-order valence-corrected chi connectivity index (χ3v) is 7.11. The third kappa shape index (κ3) is 5.31. The highest BCUT2D eigenvalue weighted by atomic mass is 32.2. The minimum absolute atomic E-state index is 0.181. The van der Waals surface area contributed by atoms with E-state index in [9.17, 15) is 13.2 Å². The fraction of sp³-hybridized carbons (Fsp3) is 0.471. The summed E-state index contributed by atoms with van der Waals surface area (Å²) in [6, 6.07) is 6.26. The third-order valence-electron chi connectivity index (χ3n) is 4.27. The molecule has 3 rings (SSSR count). The fourth-order valence-corrected chi connectivity index (χ4v) is 4.80. The summed E-state index contributed by atoms with van der Waals surface area (Å²) in [6.45, 7) is 4.10. The van der Waals surface area contributed by atoms with Gasteiger partial charge < -0.3 is 14.7 Å². The predicted molar refractivity (Wildman–Crippen MR) is 107 cm³/mol. The average Bonchev–Trinajstić information content (AvgIpc) is 3.08. The lowest BCUT2D eigenvalue weighted by Gasteiger charge is -2.31. The molecule has 0 bridgehead atoms. The minimum Gasteiger partial charge on any atom is -0.340 e. The van der Waals surface area contributed by atoms with Gasteiger partial charge in [0.2, 0.25) is 21.8 Å². The minimum atomic E-state index is -3.51. The second-order valence-corrected chi connectivity index (χ2v) is 9.43. The molecule has 28 heavy (non-hydrogen) atoms. The Hall–Kier alpha value is -1.95. The Labute approximate surface area is 168 Å². The van der Waals surface area contributed by atoms with Gasteiger partial charge in [-0.1, -0.05) is 5.16 Å². The maximum atomic E-state index is 12.7. The number of likely N-dealkylation sites (N-methyl/N-ethyl adjacent to an activating group) is 1. The summed E-state index contributed by atoms with van der Waals surface area (Å²) in [5.74, 6) is 1.57. The standard InChI is InChI=1S/C17H23N5O4S2/c1-13-18-16(20-26-13)11-27-12-17(23)19-14-3-5-15(6-4-14)28(24,25)22-9-7-21(2)8-10-22/h3-6H,7-12H2,1-2H3,(H,19,23). The number of carbonyl (C=O) groups excluding carboxylic acids is 1. The van der Waals surface area contributed by atoms with E-state index < -0.39 is 10.0 Å². The molecular weight excluding hydrogens is 402 g/mol. The number of benzene rings is 1. The Balaban J connectivity index is 1.51. The average molecular weight is 426 g/mol. The number of rotatable bonds is 7. The Morgan fingerprint density at radius 3 is 2.50 bits per heavy atom. The second-order valence-electron chi connectivity index (χ2n) is 6.50. The Bertz CT molecular complexity index is 906. The molecule has 0 spiro atoms. The van der Waals surface area contributed by atoms with Gasteiger partial charge in [0.15, 0.2) is 5.82 Å². The Morgan fingerprint density at radius 1 is 1.21 bits per heavy atom. The predicted octanol–water partition coefficient (Wildman–Crippen LogP) is 1.19. The van der Waals surface area contributed by atoms with Crippen molar-refractivity contribution >= 4 is 33.4 Å². The second kappa shape index (κ2) is 9.03. The SMILES string of the molecule is Cc1nc(CSCC(=O)Nc2ccc(S(=O)(=O)N3CCN(C)CC3)cc2)no1. The van der Waals surface area contributed by atoms with Gasteiger partial charge in [-0.15, -0.1) is 11.8 Å². The van der Waals surface area contributed by atoms with E-state index in [0.29, 0.717) is 49.3 Å². The van der Waals surface area contributed by atoms with Crippen molar-refractivity contribution in [1.29, 1.82) is 0 Å². The largest absolute Gasteiger partial charge is 0.340 e. The fourth-order valence-electron chi connectivity index (χ4n) is 2.72. The number of sulfonamides is 1. The molecule has 152 valence electrons. The van der Waals surface area contributed by atoms with Crippen LogP contribution in [-0.4, -0.2) is 72.7 Å². The van der Waals surface area contributed by atoms with Crippen LogP contribution in [-0.2, 0) is 20.6 Å². The summed E-state index contributed by atoms with van der Waals surface area (Å²) in [7, 11) is -1.53. The maximum absolute atomic E-state index is 12.7. The lowest BCUT2D eigenvalue weighted by atomic mass is 10.3. The first-order valence-corrected chi connectivity index (χ1v) is 11.4. The normalized spacial score (nSPS) is 16.2. The molecule has 2 heterocycles. The van der Waals surface area contributed by atoms with Crippen LogP contribution < -0.4 is 5.32 Å². The molecule has 1 N–H and O–H groups in total. The van der Waals surface area contributed by atoms with Gasteiger partial charge in [0.1, 0.15) is 0 Å². The molecule has 0 aliphatic carbocycles. The number of aromatic nitrogens is 2. The van der Waals surface area contributed by atoms with E-state index in [1.54, 1.807) is 19.1 Å². The van der Waals surface area contributed by atoms with Crippen LogP contribution in [0.25, 0.3) is 0 Å². The zero-order chi connectivity index (χ0) is 20.1. The number of thioether (sulfide) groups is 1. The van der Waals surface area contributed by atoms with Crippen LogP contribution in [0.15, 0.2) is 33.7 Å². The van der Waals surface area contributed by atoms with Crippen molar-refractivity contribution in [3.8, 4) is 0 Å². The lowest BCUT2D eigenvalue weighted by Crippen LogP contribution is -2.46. The van der Waals surface area contributed by atoms with E-state index in [1.807, 2.05) is 7.05 Å². The molecule has 1 aromatic carbocycles. The topological polar surface area (TPSA) is 109 Å². The summed E-state index contributed by atoms with van der Waals surface area (Å²) in [5.41, 5.74) is 0.554. The van der Waals surface area contributed by atoms with E-state index in [1.165, 1.54) is 28.2 Å². The van der Waals surface area contributed by atoms with Gasteiger partial charge in [0, 0.05) is 38.8 Å². The molecule has 0 unspecified atom stereocenters. The summed E-state index contributed by atoms with van der Waals surface area (Å²) in [6.07, 6.45) is 0. The maximum Gasteiger partial charge on any atom is 0.243 e. The molecule has 0 radical (unpaired) electrons. The van der Waals surface area contributed by atoms with Crippen molar-refractivity contribution in [3.63, 3.8) is 0 Å². The van der Waals surface area contributed by atoms with Gasteiger partial charge in [-0.3, -0.25) is 4.79 Å². The van der Waals surface area contributed by atoms with Crippen LogP contribution in [0.2, 0.25) is 0 Å². The van der Waals surface area contributed by atoms with Gasteiger partial charge in [0.05, 0.1) is 16.4 Å². The zero-order valence-corrected chi connectivity index (χ0v) is 17.4. The van der Waals surface area contributed by atoms with Crippen molar-refractivity contribution in [2.45, 2.75) is 17.6 Å². The van der Waals surface area contributed by atoms with Crippen LogP contribution >= 0.6 is 11.8 Å². The van der Waals surface area contributed by atoms with Crippen molar-refractivity contribution < 1.29 is 17.7 Å². The van der Waals surface area contributed by atoms with Crippen molar-refractivity contribution in [1.82, 2.24) is 19.3 Å². The molecule has 0 saturated carbocycles. The Kier molecular flexibility index (Phi) is 6.70. The van der Waals surface area contributed by atoms with Crippen LogP contribution in [0.1, 0.15) is 11.7 Å². The van der Waals surface area contributed by atoms with Gasteiger partial charge in [-0.2, -0.15) is 9.29 Å². The van der Waals surface area contributed by atoms with Crippen molar-refractivity contribution in [3.05, 3.63) is 36.0 Å². The van der Waals surface area contributed by atoms with E-state index in [2.05, 4.69) is 20.4 Å². The summed E-state index contributed by atoms with van der Waals surface area (Å²) in [4.78, 5) is 18.4. The monoisotopic (exact) mass is 425 g/mol. The summed E-state index contributed by atoms with van der Waals surface area (Å²) < 4.78 is 31.8. The molecule has 1 amide bonds. The summed E-state index contributed by atoms with van der Waals surface area (Å²) in [5, 5.41) is 6.53. The number of piperazine rings is 1. The van der Waals surface area contributed by atoms with Gasteiger partial charge in [0.25, 0.3) is 0 Å². The number of amides is 1. The number of nitrogens with one attached hydrogen (secondary N) is 1. The zero-order valence-electron chi connectivity index (χ0n) is 15.8. The first-order chi connectivity index (χ1) is 13.3. The molecule has 1 aliphatic rings. The molecule has 1 saturated heterocycles. The van der Waals surface area contributed by atoms with Crippen LogP contribution in [0.3, 0.4) is 0 Å². The van der Waals surface area contributed by atoms with Gasteiger partial charge in [-0.25, -0.2) is 8.42 Å². The van der Waals surface area contributed by atoms with Crippen molar-refractivity contribution in [2.75, 3.05) is 44.3 Å². The van der Waals surface area contributed by atoms with E-state index in [-0.39, 0.29) is 16.6 Å². The van der Waals surface area contributed by atoms with Crippen molar-refractivity contribution in [2.24, 2.45) is 0 Å². The quantitative estimate of drug-likeness (QED) is 0.705. The number of anilines is 1. The summed E-state index contributed by atoms with van der Waals surface area (Å²) >= 11 is 1.37. The highest BCUT2D eigenvalue weighted by Crippen LogP contribution is 2.20. The van der Waals surface area contributed by atoms with Gasteiger partial charge in [-0.05, 0) is 31.3 Å². The molecule has 2 aromatic rings. The smallest absolute Gasteiger partial charge is 0.243 e. The number of aryl methyl sites for hydroxylation is 1. The van der Waals surface area contributed by atoms with Gasteiger partial charge >= 0.3 is 0 Å². The Morgan fingerprint density at radius 2 is 1.89 bits per heavy atom. The highest BCUT2D eigenvalue weighted by molar-refractivity contribution is 7.99. The van der Waals surface area contributed by atoms with E-state index in [0.717, 1.165) is 0 Å². The molecule has 0 atom stereocenters.